The molecule has 1 saturated carbocycles. The fourth-order valence-electron chi connectivity index (χ4n) is 3.49. The highest BCUT2D eigenvalue weighted by Crippen LogP contribution is 2.40. The number of nitrogens with two attached hydrogens (primary N) is 1. The molecule has 0 aromatic heterocycles. The van der Waals surface area contributed by atoms with E-state index in [9.17, 15) is 0 Å². The highest BCUT2D eigenvalue weighted by atomic mass is 79.9. The quantitative estimate of drug-likeness (QED) is 0.834. The highest BCUT2D eigenvalue weighted by Gasteiger charge is 2.33. The summed E-state index contributed by atoms with van der Waals surface area (Å²) in [6.45, 7) is 9.00. The normalized spacial score (nSPS) is 27.1. The third-order valence-electron chi connectivity index (χ3n) is 4.11. The average Bonchev–Trinajstić information content (AvgIpc) is 2.25. The Balaban J connectivity index is 2.08. The summed E-state index contributed by atoms with van der Waals surface area (Å²) in [7, 11) is 0. The third kappa shape index (κ3) is 3.98. The van der Waals surface area contributed by atoms with Crippen molar-refractivity contribution in [2.24, 2.45) is 17.1 Å². The molecule has 0 aliphatic heterocycles. The van der Waals surface area contributed by atoms with Gasteiger partial charge in [-0.05, 0) is 55.2 Å². The summed E-state index contributed by atoms with van der Waals surface area (Å²) in [4.78, 5) is 0. The van der Waals surface area contributed by atoms with E-state index in [1.165, 1.54) is 6.42 Å². The summed E-state index contributed by atoms with van der Waals surface area (Å²) in [5.41, 5.74) is 7.43. The first kappa shape index (κ1) is 15.8. The van der Waals surface area contributed by atoms with E-state index in [1.54, 1.807) is 0 Å². The fourth-order valence-corrected chi connectivity index (χ4v) is 4.21. The number of ether oxygens (including phenoxy) is 1. The Hall–Kier alpha value is -0.540. The monoisotopic (exact) mass is 339 g/mol. The van der Waals surface area contributed by atoms with Crippen molar-refractivity contribution in [3.63, 3.8) is 0 Å². The molecule has 112 valence electrons. The SMILES string of the molecule is CC1CC(Oc2ccc([C@H](C)N)c(Br)c2)CC(C)(C)C1. The molecule has 1 aliphatic carbocycles. The van der Waals surface area contributed by atoms with E-state index in [2.05, 4.69) is 42.8 Å². The van der Waals surface area contributed by atoms with Crippen LogP contribution in [-0.4, -0.2) is 6.10 Å². The molecular weight excluding hydrogens is 314 g/mol. The standard InChI is InChI=1S/C17H26BrNO/c1-11-7-14(10-17(3,4)9-11)20-13-5-6-15(12(2)19)16(18)8-13/h5-6,8,11-12,14H,7,9-10,19H2,1-4H3/t11?,12-,14?/m0/s1. The number of benzene rings is 1. The van der Waals surface area contributed by atoms with Crippen LogP contribution in [0.2, 0.25) is 0 Å². The lowest BCUT2D eigenvalue weighted by molar-refractivity contribution is 0.0562. The number of halogens is 1. The maximum absolute atomic E-state index is 6.21. The molecule has 0 amide bonds. The van der Waals surface area contributed by atoms with Crippen molar-refractivity contribution in [3.05, 3.63) is 28.2 Å². The van der Waals surface area contributed by atoms with E-state index in [0.29, 0.717) is 11.5 Å². The second-order valence-corrected chi connectivity index (χ2v) is 7.98. The van der Waals surface area contributed by atoms with Crippen LogP contribution < -0.4 is 10.5 Å². The van der Waals surface area contributed by atoms with Crippen molar-refractivity contribution in [1.29, 1.82) is 0 Å². The van der Waals surface area contributed by atoms with Crippen LogP contribution in [0, 0.1) is 11.3 Å². The Bertz CT molecular complexity index is 470. The summed E-state index contributed by atoms with van der Waals surface area (Å²) in [6.07, 6.45) is 3.89. The van der Waals surface area contributed by atoms with Gasteiger partial charge >= 0.3 is 0 Å². The van der Waals surface area contributed by atoms with Gasteiger partial charge in [0.15, 0.2) is 0 Å². The summed E-state index contributed by atoms with van der Waals surface area (Å²) in [5, 5.41) is 0. The minimum absolute atomic E-state index is 0.0343. The minimum Gasteiger partial charge on any atom is -0.490 e. The van der Waals surface area contributed by atoms with Crippen molar-refractivity contribution < 1.29 is 4.74 Å². The second kappa shape index (κ2) is 6.07. The van der Waals surface area contributed by atoms with Crippen LogP contribution in [0.3, 0.4) is 0 Å². The molecule has 0 heterocycles. The second-order valence-electron chi connectivity index (χ2n) is 7.13. The van der Waals surface area contributed by atoms with E-state index >= 15 is 0 Å². The van der Waals surface area contributed by atoms with Gasteiger partial charge in [-0.1, -0.05) is 42.8 Å². The molecule has 2 unspecified atom stereocenters. The molecule has 0 radical (unpaired) electrons. The predicted octanol–water partition coefficient (Wildman–Crippen LogP) is 5.06. The van der Waals surface area contributed by atoms with E-state index in [4.69, 9.17) is 10.5 Å². The minimum atomic E-state index is 0.0343. The first-order valence-electron chi connectivity index (χ1n) is 7.48. The smallest absolute Gasteiger partial charge is 0.120 e. The zero-order chi connectivity index (χ0) is 14.9. The van der Waals surface area contributed by atoms with Crippen molar-refractivity contribution in [1.82, 2.24) is 0 Å². The first-order chi connectivity index (χ1) is 9.27. The Kier molecular flexibility index (Phi) is 4.80. The van der Waals surface area contributed by atoms with Crippen LogP contribution in [0.1, 0.15) is 58.6 Å². The van der Waals surface area contributed by atoms with Gasteiger partial charge in [-0.15, -0.1) is 0 Å². The van der Waals surface area contributed by atoms with Crippen molar-refractivity contribution >= 4 is 15.9 Å². The van der Waals surface area contributed by atoms with E-state index in [1.807, 2.05) is 19.1 Å². The van der Waals surface area contributed by atoms with Gasteiger partial charge in [0.1, 0.15) is 5.75 Å². The molecule has 0 spiro atoms. The summed E-state index contributed by atoms with van der Waals surface area (Å²) in [6, 6.07) is 6.18. The topological polar surface area (TPSA) is 35.2 Å². The third-order valence-corrected chi connectivity index (χ3v) is 4.80. The van der Waals surface area contributed by atoms with E-state index in [-0.39, 0.29) is 6.04 Å². The van der Waals surface area contributed by atoms with Gasteiger partial charge < -0.3 is 10.5 Å². The number of rotatable bonds is 3. The van der Waals surface area contributed by atoms with Crippen molar-refractivity contribution in [2.45, 2.75) is 59.1 Å². The predicted molar refractivity (Wildman–Crippen MR) is 88.0 cm³/mol. The molecule has 20 heavy (non-hydrogen) atoms. The first-order valence-corrected chi connectivity index (χ1v) is 8.28. The molecule has 1 aromatic carbocycles. The molecule has 1 aliphatic rings. The molecular formula is C17H26BrNO. The largest absolute Gasteiger partial charge is 0.490 e. The molecule has 0 bridgehead atoms. The van der Waals surface area contributed by atoms with Crippen LogP contribution in [0.15, 0.2) is 22.7 Å². The highest BCUT2D eigenvalue weighted by molar-refractivity contribution is 9.10. The fraction of sp³-hybridized carbons (Fsp3) is 0.647. The Labute approximate surface area is 131 Å². The van der Waals surface area contributed by atoms with E-state index < -0.39 is 0 Å². The van der Waals surface area contributed by atoms with Gasteiger partial charge in [-0.3, -0.25) is 0 Å². The van der Waals surface area contributed by atoms with Crippen LogP contribution in [0.25, 0.3) is 0 Å². The number of hydrogen-bond acceptors (Lipinski definition) is 2. The maximum Gasteiger partial charge on any atom is 0.120 e. The van der Waals surface area contributed by atoms with Crippen LogP contribution in [0.4, 0.5) is 0 Å². The van der Waals surface area contributed by atoms with Crippen LogP contribution in [-0.2, 0) is 0 Å². The Morgan fingerprint density at radius 1 is 1.35 bits per heavy atom. The zero-order valence-electron chi connectivity index (χ0n) is 12.9. The van der Waals surface area contributed by atoms with Gasteiger partial charge in [-0.25, -0.2) is 0 Å². The molecule has 1 fully saturated rings. The summed E-state index contributed by atoms with van der Waals surface area (Å²) < 4.78 is 7.24. The molecule has 1 aromatic rings. The van der Waals surface area contributed by atoms with Crippen molar-refractivity contribution in [3.8, 4) is 5.75 Å². The van der Waals surface area contributed by atoms with Gasteiger partial charge in [0.05, 0.1) is 6.10 Å². The molecule has 2 rings (SSSR count). The van der Waals surface area contributed by atoms with Gasteiger partial charge in [0.25, 0.3) is 0 Å². The van der Waals surface area contributed by atoms with Crippen LogP contribution in [0.5, 0.6) is 5.75 Å². The maximum atomic E-state index is 6.21. The molecule has 2 N–H and O–H groups in total. The van der Waals surface area contributed by atoms with Crippen molar-refractivity contribution in [2.75, 3.05) is 0 Å². The average molecular weight is 340 g/mol. The molecule has 2 nitrogen and oxygen atoms in total. The summed E-state index contributed by atoms with van der Waals surface area (Å²) >= 11 is 3.59. The van der Waals surface area contributed by atoms with E-state index in [0.717, 1.165) is 34.5 Å². The van der Waals surface area contributed by atoms with Gasteiger partial charge in [0.2, 0.25) is 0 Å². The summed E-state index contributed by atoms with van der Waals surface area (Å²) in [5.74, 6) is 1.67. The zero-order valence-corrected chi connectivity index (χ0v) is 14.5. The molecule has 0 saturated heterocycles. The number of hydrogen-bond donors (Lipinski definition) is 1. The van der Waals surface area contributed by atoms with Crippen LogP contribution >= 0.6 is 15.9 Å². The lowest BCUT2D eigenvalue weighted by atomic mass is 9.71. The Morgan fingerprint density at radius 3 is 2.60 bits per heavy atom. The lowest BCUT2D eigenvalue weighted by Gasteiger charge is -2.38. The lowest BCUT2D eigenvalue weighted by Crippen LogP contribution is -2.34. The van der Waals surface area contributed by atoms with Gasteiger partial charge in [0, 0.05) is 10.5 Å². The van der Waals surface area contributed by atoms with Gasteiger partial charge in [-0.2, -0.15) is 0 Å². The Morgan fingerprint density at radius 2 is 2.05 bits per heavy atom. The molecule has 3 heteroatoms. The molecule has 3 atom stereocenters.